The number of hydrogen-bond acceptors (Lipinski definition) is 7. The third-order valence-electron chi connectivity index (χ3n) is 6.04. The molecule has 1 aliphatic carbocycles. The molecule has 0 saturated carbocycles. The Morgan fingerprint density at radius 2 is 1.89 bits per heavy atom. The molecule has 0 amide bonds. The summed E-state index contributed by atoms with van der Waals surface area (Å²) in [5.41, 5.74) is 11.7. The van der Waals surface area contributed by atoms with Crippen molar-refractivity contribution in [1.82, 2.24) is 19.5 Å². The molecule has 188 valence electrons. The van der Waals surface area contributed by atoms with Gasteiger partial charge in [-0.05, 0) is 42.0 Å². The molecule has 0 spiro atoms. The third kappa shape index (κ3) is 5.66. The average Bonchev–Trinajstić information content (AvgIpc) is 3.32. The van der Waals surface area contributed by atoms with Crippen LogP contribution in [0.2, 0.25) is 5.02 Å². The fraction of sp³-hybridized carbons (Fsp3) is 0.179. The highest BCUT2D eigenvalue weighted by Gasteiger charge is 2.18. The van der Waals surface area contributed by atoms with Crippen LogP contribution in [0.15, 0.2) is 85.5 Å². The number of benzene rings is 1. The van der Waals surface area contributed by atoms with Gasteiger partial charge in [-0.1, -0.05) is 42.0 Å². The Labute approximate surface area is 220 Å². The quantitative estimate of drug-likeness (QED) is 0.293. The lowest BCUT2D eigenvalue weighted by molar-refractivity contribution is 0.250. The van der Waals surface area contributed by atoms with Crippen LogP contribution in [0.25, 0.3) is 16.8 Å². The van der Waals surface area contributed by atoms with Gasteiger partial charge in [0.2, 0.25) is 0 Å². The molecule has 3 heterocycles. The Hall–Kier alpha value is -4.14. The van der Waals surface area contributed by atoms with Crippen LogP contribution in [0.5, 0.6) is 5.75 Å². The first-order valence-electron chi connectivity index (χ1n) is 12.0. The van der Waals surface area contributed by atoms with Gasteiger partial charge < -0.3 is 25.5 Å². The largest absolute Gasteiger partial charge is 0.483 e. The van der Waals surface area contributed by atoms with E-state index in [0.717, 1.165) is 28.2 Å². The van der Waals surface area contributed by atoms with Crippen LogP contribution in [0.1, 0.15) is 17.8 Å². The Balaban J connectivity index is 1.45. The van der Waals surface area contributed by atoms with Crippen molar-refractivity contribution in [3.63, 3.8) is 0 Å². The maximum atomic E-state index is 9.09. The summed E-state index contributed by atoms with van der Waals surface area (Å²) in [5.74, 6) is 1.03. The van der Waals surface area contributed by atoms with Crippen LogP contribution in [-0.4, -0.2) is 43.9 Å². The first-order valence-corrected chi connectivity index (χ1v) is 12.3. The molecule has 9 heteroatoms. The normalized spacial score (nSPS) is 14.9. The Morgan fingerprint density at radius 1 is 1.08 bits per heavy atom. The predicted molar refractivity (Wildman–Crippen MR) is 146 cm³/mol. The number of ether oxygens (including phenoxy) is 1. The molecule has 3 aromatic heterocycles. The number of aliphatic hydroxyl groups is 1. The number of aliphatic hydroxyl groups excluding tert-OH is 1. The molecule has 8 nitrogen and oxygen atoms in total. The fourth-order valence-electron chi connectivity index (χ4n) is 4.30. The Kier molecular flexibility index (Phi) is 7.49. The SMILES string of the molecule is Nc1nc(Cn2c(C3=CCC(Oc4cncnc4)C=C3)ccc2-c2ccccc2Cl)ccc1NCCO. The summed E-state index contributed by atoms with van der Waals surface area (Å²) in [6, 6.07) is 15.8. The average molecular weight is 515 g/mol. The van der Waals surface area contributed by atoms with E-state index in [4.69, 9.17) is 27.2 Å². The number of halogens is 1. The van der Waals surface area contributed by atoms with E-state index in [2.05, 4.69) is 49.1 Å². The van der Waals surface area contributed by atoms with Gasteiger partial charge in [0.05, 0.1) is 42.6 Å². The second-order valence-corrected chi connectivity index (χ2v) is 8.95. The van der Waals surface area contributed by atoms with Gasteiger partial charge in [-0.2, -0.15) is 0 Å². The van der Waals surface area contributed by atoms with Gasteiger partial charge in [-0.25, -0.2) is 15.0 Å². The molecule has 0 bridgehead atoms. The number of pyridine rings is 1. The molecule has 5 rings (SSSR count). The molecule has 0 fully saturated rings. The number of aromatic nitrogens is 4. The number of anilines is 2. The van der Waals surface area contributed by atoms with E-state index in [1.54, 1.807) is 12.4 Å². The van der Waals surface area contributed by atoms with Crippen molar-refractivity contribution >= 4 is 28.7 Å². The number of rotatable bonds is 9. The van der Waals surface area contributed by atoms with Crippen molar-refractivity contribution < 1.29 is 9.84 Å². The fourth-order valence-corrected chi connectivity index (χ4v) is 4.53. The summed E-state index contributed by atoms with van der Waals surface area (Å²) in [7, 11) is 0. The summed E-state index contributed by atoms with van der Waals surface area (Å²) in [6.07, 6.45) is 11.7. The molecular weight excluding hydrogens is 488 g/mol. The third-order valence-corrected chi connectivity index (χ3v) is 6.37. The molecule has 1 aliphatic rings. The zero-order valence-electron chi connectivity index (χ0n) is 20.1. The summed E-state index contributed by atoms with van der Waals surface area (Å²) < 4.78 is 8.18. The number of nitrogens with two attached hydrogens (primary N) is 1. The Bertz CT molecular complexity index is 1430. The van der Waals surface area contributed by atoms with E-state index in [0.29, 0.717) is 41.8 Å². The second kappa shape index (κ2) is 11.3. The van der Waals surface area contributed by atoms with Gasteiger partial charge in [-0.15, -0.1) is 0 Å². The van der Waals surface area contributed by atoms with E-state index < -0.39 is 0 Å². The number of nitrogens with zero attached hydrogens (tertiary/aromatic N) is 4. The lowest BCUT2D eigenvalue weighted by Crippen LogP contribution is -2.16. The monoisotopic (exact) mass is 514 g/mol. The molecule has 1 atom stereocenters. The van der Waals surface area contributed by atoms with Crippen LogP contribution in [0.4, 0.5) is 11.5 Å². The highest BCUT2D eigenvalue weighted by atomic mass is 35.5. The standard InChI is InChI=1S/C28H27ClN6O2/c29-24-4-2-1-3-23(24)27-12-11-26(19-5-8-21(9-6-19)37-22-15-31-18-32-16-22)35(27)17-20-7-10-25(28(30)34-20)33-13-14-36/h1-8,10-12,15-16,18,21,33,36H,9,13-14,17H2,(H2,30,34). The van der Waals surface area contributed by atoms with Crippen LogP contribution in [0, 0.1) is 0 Å². The van der Waals surface area contributed by atoms with Gasteiger partial charge in [0.15, 0.2) is 5.75 Å². The number of nitrogen functional groups attached to an aromatic ring is 1. The topological polar surface area (TPSA) is 111 Å². The number of nitrogens with one attached hydrogen (secondary N) is 1. The van der Waals surface area contributed by atoms with Crippen molar-refractivity contribution in [2.75, 3.05) is 24.2 Å². The molecule has 4 N–H and O–H groups in total. The number of allylic oxidation sites excluding steroid dienone is 2. The molecular formula is C28H27ClN6O2. The minimum Gasteiger partial charge on any atom is -0.483 e. The molecule has 0 saturated heterocycles. The molecule has 0 radical (unpaired) electrons. The first kappa shape index (κ1) is 24.5. The van der Waals surface area contributed by atoms with E-state index >= 15 is 0 Å². The lowest BCUT2D eigenvalue weighted by atomic mass is 10.0. The summed E-state index contributed by atoms with van der Waals surface area (Å²) in [5, 5.41) is 12.8. The minimum atomic E-state index is -0.0957. The maximum absolute atomic E-state index is 9.09. The van der Waals surface area contributed by atoms with Gasteiger partial charge >= 0.3 is 0 Å². The highest BCUT2D eigenvalue weighted by Crippen LogP contribution is 2.34. The molecule has 37 heavy (non-hydrogen) atoms. The van der Waals surface area contributed by atoms with Gasteiger partial charge in [0.25, 0.3) is 0 Å². The van der Waals surface area contributed by atoms with E-state index in [-0.39, 0.29) is 12.7 Å². The van der Waals surface area contributed by atoms with Crippen LogP contribution >= 0.6 is 11.6 Å². The van der Waals surface area contributed by atoms with E-state index in [1.807, 2.05) is 42.5 Å². The van der Waals surface area contributed by atoms with Gasteiger partial charge in [-0.3, -0.25) is 0 Å². The van der Waals surface area contributed by atoms with Crippen LogP contribution < -0.4 is 15.8 Å². The highest BCUT2D eigenvalue weighted by molar-refractivity contribution is 6.33. The summed E-state index contributed by atoms with van der Waals surface area (Å²) in [4.78, 5) is 12.6. The van der Waals surface area contributed by atoms with Gasteiger partial charge in [0.1, 0.15) is 18.2 Å². The zero-order chi connectivity index (χ0) is 25.6. The van der Waals surface area contributed by atoms with Crippen molar-refractivity contribution in [2.24, 2.45) is 0 Å². The summed E-state index contributed by atoms with van der Waals surface area (Å²) in [6.45, 7) is 0.925. The minimum absolute atomic E-state index is 0.0166. The summed E-state index contributed by atoms with van der Waals surface area (Å²) >= 11 is 6.59. The number of hydrogen-bond donors (Lipinski definition) is 3. The van der Waals surface area contributed by atoms with E-state index in [1.165, 1.54) is 6.33 Å². The molecule has 4 aromatic rings. The second-order valence-electron chi connectivity index (χ2n) is 8.54. The molecule has 1 unspecified atom stereocenters. The lowest BCUT2D eigenvalue weighted by Gasteiger charge is -2.20. The van der Waals surface area contributed by atoms with Crippen LogP contribution in [-0.2, 0) is 6.54 Å². The van der Waals surface area contributed by atoms with Gasteiger partial charge in [0, 0.05) is 29.2 Å². The maximum Gasteiger partial charge on any atom is 0.156 e. The first-order chi connectivity index (χ1) is 18.1. The molecule has 1 aromatic carbocycles. The van der Waals surface area contributed by atoms with Crippen molar-refractivity contribution in [3.8, 4) is 17.0 Å². The predicted octanol–water partition coefficient (Wildman–Crippen LogP) is 4.82. The van der Waals surface area contributed by atoms with E-state index in [9.17, 15) is 0 Å². The van der Waals surface area contributed by atoms with Crippen molar-refractivity contribution in [2.45, 2.75) is 19.1 Å². The molecule has 0 aliphatic heterocycles. The zero-order valence-corrected chi connectivity index (χ0v) is 20.8. The van der Waals surface area contributed by atoms with Crippen molar-refractivity contribution in [1.29, 1.82) is 0 Å². The Morgan fingerprint density at radius 3 is 2.62 bits per heavy atom. The smallest absolute Gasteiger partial charge is 0.156 e. The van der Waals surface area contributed by atoms with Crippen LogP contribution in [0.3, 0.4) is 0 Å². The van der Waals surface area contributed by atoms with Crippen molar-refractivity contribution in [3.05, 3.63) is 102 Å².